The molecular weight excluding hydrogens is 389 g/mol. The van der Waals surface area contributed by atoms with Crippen molar-refractivity contribution < 1.29 is 9.47 Å². The summed E-state index contributed by atoms with van der Waals surface area (Å²) in [5.74, 6) is 2.00. The highest BCUT2D eigenvalue weighted by Crippen LogP contribution is 2.07. The number of hydrogen-bond donors (Lipinski definition) is 2. The first-order valence-corrected chi connectivity index (χ1v) is 8.46. The summed E-state index contributed by atoms with van der Waals surface area (Å²) in [5.41, 5.74) is 0. The second-order valence-electron chi connectivity index (χ2n) is 4.39. The molecule has 1 heterocycles. The topological polar surface area (TPSA) is 54.9 Å². The van der Waals surface area contributed by atoms with Crippen LogP contribution in [0.2, 0.25) is 0 Å². The third-order valence-electron chi connectivity index (χ3n) is 2.76. The molecular formula is C13H28IN3O2S. The van der Waals surface area contributed by atoms with Crippen molar-refractivity contribution in [2.75, 3.05) is 51.5 Å². The summed E-state index contributed by atoms with van der Waals surface area (Å²) in [4.78, 5) is 4.52. The Balaban J connectivity index is 0.00000361. The molecule has 0 radical (unpaired) electrons. The summed E-state index contributed by atoms with van der Waals surface area (Å²) >= 11 is 1.83. The van der Waals surface area contributed by atoms with Crippen molar-refractivity contribution in [3.05, 3.63) is 0 Å². The van der Waals surface area contributed by atoms with E-state index in [9.17, 15) is 0 Å². The van der Waals surface area contributed by atoms with Crippen LogP contribution in [0.1, 0.15) is 19.8 Å². The maximum Gasteiger partial charge on any atom is 0.191 e. The first kappa shape index (κ1) is 20.3. The van der Waals surface area contributed by atoms with Gasteiger partial charge in [0, 0.05) is 38.6 Å². The Morgan fingerprint density at radius 2 is 2.30 bits per heavy atom. The van der Waals surface area contributed by atoms with Crippen LogP contribution in [0.4, 0.5) is 0 Å². The van der Waals surface area contributed by atoms with Crippen molar-refractivity contribution >= 4 is 41.7 Å². The molecule has 1 aliphatic rings. The predicted octanol–water partition coefficient (Wildman–Crippen LogP) is 1.72. The minimum atomic E-state index is 0. The molecule has 0 bridgehead atoms. The van der Waals surface area contributed by atoms with E-state index in [0.29, 0.717) is 6.10 Å². The zero-order valence-corrected chi connectivity index (χ0v) is 15.7. The monoisotopic (exact) mass is 417 g/mol. The summed E-state index contributed by atoms with van der Waals surface area (Å²) in [7, 11) is 0. The maximum absolute atomic E-state index is 5.70. The standard InChI is InChI=1S/C13H27N3O2S.HI/c1-3-14-13(16-7-10-19-2)15-6-4-8-18-12-5-9-17-11-12;/h12H,3-11H2,1-2H3,(H2,14,15,16);1H. The van der Waals surface area contributed by atoms with E-state index in [0.717, 1.165) is 64.0 Å². The molecule has 0 amide bonds. The first-order valence-electron chi connectivity index (χ1n) is 7.07. The molecule has 0 aromatic rings. The van der Waals surface area contributed by atoms with E-state index in [1.165, 1.54) is 0 Å². The minimum Gasteiger partial charge on any atom is -0.379 e. The molecule has 20 heavy (non-hydrogen) atoms. The number of thioether (sulfide) groups is 1. The predicted molar refractivity (Wildman–Crippen MR) is 97.6 cm³/mol. The molecule has 7 heteroatoms. The normalized spacial score (nSPS) is 18.7. The van der Waals surface area contributed by atoms with Crippen LogP contribution < -0.4 is 10.6 Å². The van der Waals surface area contributed by atoms with Gasteiger partial charge < -0.3 is 20.1 Å². The van der Waals surface area contributed by atoms with Crippen LogP contribution in [0.3, 0.4) is 0 Å². The quantitative estimate of drug-likeness (QED) is 0.259. The van der Waals surface area contributed by atoms with E-state index in [2.05, 4.69) is 28.8 Å². The van der Waals surface area contributed by atoms with Gasteiger partial charge in [-0.3, -0.25) is 4.99 Å². The minimum absolute atomic E-state index is 0. The van der Waals surface area contributed by atoms with Gasteiger partial charge in [0.1, 0.15) is 0 Å². The van der Waals surface area contributed by atoms with Gasteiger partial charge in [-0.25, -0.2) is 0 Å². The number of aliphatic imine (C=N–C) groups is 1. The summed E-state index contributed by atoms with van der Waals surface area (Å²) < 4.78 is 11.0. The lowest BCUT2D eigenvalue weighted by Gasteiger charge is -2.11. The van der Waals surface area contributed by atoms with Crippen molar-refractivity contribution in [2.24, 2.45) is 4.99 Å². The van der Waals surface area contributed by atoms with Crippen molar-refractivity contribution in [1.82, 2.24) is 10.6 Å². The molecule has 2 N–H and O–H groups in total. The summed E-state index contributed by atoms with van der Waals surface area (Å²) in [6.07, 6.45) is 4.39. The van der Waals surface area contributed by atoms with Gasteiger partial charge in [0.15, 0.2) is 5.96 Å². The van der Waals surface area contributed by atoms with Crippen LogP contribution in [0, 0.1) is 0 Å². The molecule has 1 atom stereocenters. The molecule has 1 fully saturated rings. The Labute approximate surface area is 144 Å². The van der Waals surface area contributed by atoms with Crippen molar-refractivity contribution in [3.63, 3.8) is 0 Å². The lowest BCUT2D eigenvalue weighted by Crippen LogP contribution is -2.38. The Morgan fingerprint density at radius 1 is 1.45 bits per heavy atom. The lowest BCUT2D eigenvalue weighted by molar-refractivity contribution is 0.0424. The molecule has 0 aliphatic carbocycles. The average Bonchev–Trinajstić information content (AvgIpc) is 2.91. The Bertz CT molecular complexity index is 252. The number of hydrogen-bond acceptors (Lipinski definition) is 4. The zero-order chi connectivity index (χ0) is 13.8. The van der Waals surface area contributed by atoms with Crippen LogP contribution in [-0.2, 0) is 9.47 Å². The molecule has 1 aliphatic heterocycles. The van der Waals surface area contributed by atoms with Gasteiger partial charge in [0.25, 0.3) is 0 Å². The number of guanidine groups is 1. The van der Waals surface area contributed by atoms with Gasteiger partial charge in [-0.1, -0.05) is 0 Å². The number of rotatable bonds is 9. The number of nitrogens with one attached hydrogen (secondary N) is 2. The van der Waals surface area contributed by atoms with Crippen molar-refractivity contribution in [1.29, 1.82) is 0 Å². The van der Waals surface area contributed by atoms with Crippen molar-refractivity contribution in [3.8, 4) is 0 Å². The average molecular weight is 417 g/mol. The Kier molecular flexibility index (Phi) is 14.4. The van der Waals surface area contributed by atoms with Crippen LogP contribution in [0.15, 0.2) is 4.99 Å². The second kappa shape index (κ2) is 14.2. The van der Waals surface area contributed by atoms with Gasteiger partial charge in [-0.15, -0.1) is 24.0 Å². The van der Waals surface area contributed by atoms with Crippen LogP contribution in [-0.4, -0.2) is 63.5 Å². The van der Waals surface area contributed by atoms with Gasteiger partial charge in [0.2, 0.25) is 0 Å². The van der Waals surface area contributed by atoms with Crippen LogP contribution in [0.25, 0.3) is 0 Å². The van der Waals surface area contributed by atoms with E-state index < -0.39 is 0 Å². The highest BCUT2D eigenvalue weighted by Gasteiger charge is 2.15. The Morgan fingerprint density at radius 3 is 2.95 bits per heavy atom. The molecule has 1 saturated heterocycles. The summed E-state index contributed by atoms with van der Waals surface area (Å²) in [6.45, 7) is 7.07. The van der Waals surface area contributed by atoms with Crippen LogP contribution in [0.5, 0.6) is 0 Å². The van der Waals surface area contributed by atoms with Gasteiger partial charge in [-0.05, 0) is 26.0 Å². The highest BCUT2D eigenvalue weighted by atomic mass is 127. The molecule has 1 unspecified atom stereocenters. The fourth-order valence-corrected chi connectivity index (χ4v) is 2.07. The van der Waals surface area contributed by atoms with Gasteiger partial charge in [0.05, 0.1) is 12.7 Å². The van der Waals surface area contributed by atoms with Crippen LogP contribution >= 0.6 is 35.7 Å². The summed E-state index contributed by atoms with van der Waals surface area (Å²) in [5, 5.41) is 6.55. The highest BCUT2D eigenvalue weighted by molar-refractivity contribution is 14.0. The maximum atomic E-state index is 5.70. The first-order chi connectivity index (χ1) is 9.36. The van der Waals surface area contributed by atoms with E-state index >= 15 is 0 Å². The summed E-state index contributed by atoms with van der Waals surface area (Å²) in [6, 6.07) is 0. The van der Waals surface area contributed by atoms with E-state index in [1.54, 1.807) is 0 Å². The SMILES string of the molecule is CCNC(=NCCCOC1CCOC1)NCCSC.I. The molecule has 120 valence electrons. The van der Waals surface area contributed by atoms with E-state index in [-0.39, 0.29) is 24.0 Å². The third kappa shape index (κ3) is 10.1. The smallest absolute Gasteiger partial charge is 0.191 e. The molecule has 0 spiro atoms. The number of ether oxygens (including phenoxy) is 2. The van der Waals surface area contributed by atoms with Crippen molar-refractivity contribution in [2.45, 2.75) is 25.9 Å². The fourth-order valence-electron chi connectivity index (χ4n) is 1.76. The van der Waals surface area contributed by atoms with E-state index in [1.807, 2.05) is 11.8 Å². The molecule has 0 saturated carbocycles. The number of halogens is 1. The lowest BCUT2D eigenvalue weighted by atomic mass is 10.3. The molecule has 0 aromatic heterocycles. The van der Waals surface area contributed by atoms with Gasteiger partial charge >= 0.3 is 0 Å². The van der Waals surface area contributed by atoms with E-state index in [4.69, 9.17) is 9.47 Å². The van der Waals surface area contributed by atoms with Gasteiger partial charge in [-0.2, -0.15) is 11.8 Å². The molecule has 1 rings (SSSR count). The Hall–Kier alpha value is 0.270. The molecule has 5 nitrogen and oxygen atoms in total. The largest absolute Gasteiger partial charge is 0.379 e. The number of nitrogens with zero attached hydrogens (tertiary/aromatic N) is 1. The third-order valence-corrected chi connectivity index (χ3v) is 3.37. The molecule has 0 aromatic carbocycles. The zero-order valence-electron chi connectivity index (χ0n) is 12.5. The fraction of sp³-hybridized carbons (Fsp3) is 0.923. The second-order valence-corrected chi connectivity index (χ2v) is 5.38.